The summed E-state index contributed by atoms with van der Waals surface area (Å²) < 4.78 is 0. The Hall–Kier alpha value is -7.16. The van der Waals surface area contributed by atoms with Crippen LogP contribution < -0.4 is 0 Å². The van der Waals surface area contributed by atoms with Gasteiger partial charge in [-0.05, 0) is 89.0 Å². The summed E-state index contributed by atoms with van der Waals surface area (Å²) in [6.45, 7) is 4.68. The lowest BCUT2D eigenvalue weighted by atomic mass is 9.82. The first-order valence-corrected chi connectivity index (χ1v) is 19.7. The van der Waals surface area contributed by atoms with Gasteiger partial charge in [0.25, 0.3) is 0 Å². The molecule has 0 unspecified atom stereocenters. The number of rotatable bonds is 5. The fraction of sp³-hybridized carbons (Fsp3) is 0.0545. The van der Waals surface area contributed by atoms with Crippen molar-refractivity contribution in [3.8, 4) is 67.3 Å². The van der Waals surface area contributed by atoms with Gasteiger partial charge < -0.3 is 0 Å². The van der Waals surface area contributed by atoms with Gasteiger partial charge in [-0.3, -0.25) is 0 Å². The maximum Gasteiger partial charge on any atom is 0.161 e. The smallest absolute Gasteiger partial charge is 0.161 e. The van der Waals surface area contributed by atoms with Gasteiger partial charge in [-0.1, -0.05) is 196 Å². The predicted molar refractivity (Wildman–Crippen MR) is 239 cm³/mol. The fourth-order valence-corrected chi connectivity index (χ4v) is 9.20. The molecule has 1 heterocycles. The Bertz CT molecular complexity index is 3180. The van der Waals surface area contributed by atoms with Crippen molar-refractivity contribution in [2.75, 3.05) is 0 Å². The molecule has 0 spiro atoms. The molecule has 1 aliphatic rings. The van der Waals surface area contributed by atoms with Gasteiger partial charge in [0, 0.05) is 22.1 Å². The molecule has 0 fully saturated rings. The Morgan fingerprint density at radius 3 is 1.65 bits per heavy atom. The van der Waals surface area contributed by atoms with Crippen molar-refractivity contribution in [1.82, 2.24) is 9.97 Å². The molecule has 0 bridgehead atoms. The molecule has 10 aromatic rings. The maximum atomic E-state index is 5.44. The Kier molecular flexibility index (Phi) is 7.55. The van der Waals surface area contributed by atoms with Crippen LogP contribution in [0, 0.1) is 0 Å². The summed E-state index contributed by atoms with van der Waals surface area (Å²) >= 11 is 0. The van der Waals surface area contributed by atoms with Crippen molar-refractivity contribution in [2.24, 2.45) is 0 Å². The number of hydrogen-bond donors (Lipinski definition) is 0. The molecule has 57 heavy (non-hydrogen) atoms. The zero-order chi connectivity index (χ0) is 38.1. The van der Waals surface area contributed by atoms with Crippen LogP contribution in [-0.4, -0.2) is 9.97 Å². The highest BCUT2D eigenvalue weighted by Gasteiger charge is 2.36. The second-order valence-electron chi connectivity index (χ2n) is 15.7. The van der Waals surface area contributed by atoms with Gasteiger partial charge in [-0.2, -0.15) is 0 Å². The van der Waals surface area contributed by atoms with E-state index in [0.29, 0.717) is 0 Å². The molecular weight excluding hydrogens is 689 g/mol. The fourth-order valence-electron chi connectivity index (χ4n) is 9.20. The molecule has 0 radical (unpaired) electrons. The third-order valence-corrected chi connectivity index (χ3v) is 12.1. The number of benzene rings is 9. The van der Waals surface area contributed by atoms with Crippen LogP contribution >= 0.6 is 0 Å². The SMILES string of the molecule is CC1(C)c2ccccc2-c2c(-c3ccc(-c4cc(-c5ccc(-c6ccccc6)cc5)nc(-c5c6ccccc6cc6c5ccc5ccccc56)n4)cc3)cccc21. The summed E-state index contributed by atoms with van der Waals surface area (Å²) in [5.74, 6) is 0.718. The van der Waals surface area contributed by atoms with Crippen LogP contribution in [0.5, 0.6) is 0 Å². The van der Waals surface area contributed by atoms with E-state index < -0.39 is 0 Å². The highest BCUT2D eigenvalue weighted by atomic mass is 14.9. The van der Waals surface area contributed by atoms with Crippen LogP contribution in [0.3, 0.4) is 0 Å². The van der Waals surface area contributed by atoms with E-state index in [1.54, 1.807) is 0 Å². The Morgan fingerprint density at radius 2 is 0.895 bits per heavy atom. The van der Waals surface area contributed by atoms with E-state index in [2.05, 4.69) is 208 Å². The Balaban J connectivity index is 1.10. The number of fused-ring (bicyclic) bond motifs is 7. The molecule has 11 rings (SSSR count). The average molecular weight is 727 g/mol. The first-order chi connectivity index (χ1) is 28.0. The third-order valence-electron chi connectivity index (χ3n) is 12.1. The highest BCUT2D eigenvalue weighted by molar-refractivity contribution is 6.19. The number of aromatic nitrogens is 2. The summed E-state index contributed by atoms with van der Waals surface area (Å²) in [7, 11) is 0. The van der Waals surface area contributed by atoms with E-state index >= 15 is 0 Å². The lowest BCUT2D eigenvalue weighted by molar-refractivity contribution is 0.660. The predicted octanol–water partition coefficient (Wildman–Crippen LogP) is 14.6. The van der Waals surface area contributed by atoms with Gasteiger partial charge >= 0.3 is 0 Å². The molecule has 0 aliphatic heterocycles. The van der Waals surface area contributed by atoms with Gasteiger partial charge in [-0.15, -0.1) is 0 Å². The van der Waals surface area contributed by atoms with E-state index in [1.165, 1.54) is 66.1 Å². The van der Waals surface area contributed by atoms with Crippen molar-refractivity contribution in [3.63, 3.8) is 0 Å². The largest absolute Gasteiger partial charge is 0.228 e. The van der Waals surface area contributed by atoms with Gasteiger partial charge in [0.15, 0.2) is 5.82 Å². The zero-order valence-corrected chi connectivity index (χ0v) is 31.9. The van der Waals surface area contributed by atoms with E-state index in [4.69, 9.17) is 9.97 Å². The summed E-state index contributed by atoms with van der Waals surface area (Å²) in [6.07, 6.45) is 0. The lowest BCUT2D eigenvalue weighted by Crippen LogP contribution is -2.14. The van der Waals surface area contributed by atoms with Gasteiger partial charge in [0.1, 0.15) is 0 Å². The van der Waals surface area contributed by atoms with Crippen LogP contribution in [0.2, 0.25) is 0 Å². The molecule has 0 N–H and O–H groups in total. The van der Waals surface area contributed by atoms with Crippen LogP contribution in [-0.2, 0) is 5.41 Å². The van der Waals surface area contributed by atoms with Crippen LogP contribution in [0.15, 0.2) is 194 Å². The summed E-state index contributed by atoms with van der Waals surface area (Å²) in [5, 5.41) is 7.10. The topological polar surface area (TPSA) is 25.8 Å². The first-order valence-electron chi connectivity index (χ1n) is 19.7. The Morgan fingerprint density at radius 1 is 0.333 bits per heavy atom. The van der Waals surface area contributed by atoms with E-state index in [1.807, 2.05) is 0 Å². The molecule has 0 saturated carbocycles. The van der Waals surface area contributed by atoms with E-state index in [0.717, 1.165) is 44.7 Å². The quantitative estimate of drug-likeness (QED) is 0.130. The summed E-state index contributed by atoms with van der Waals surface area (Å²) in [4.78, 5) is 10.9. The second-order valence-corrected chi connectivity index (χ2v) is 15.7. The molecular formula is C55H38N2. The second kappa shape index (κ2) is 13.0. The zero-order valence-electron chi connectivity index (χ0n) is 31.9. The molecule has 1 aliphatic carbocycles. The van der Waals surface area contributed by atoms with Crippen molar-refractivity contribution in [3.05, 3.63) is 205 Å². The van der Waals surface area contributed by atoms with E-state index in [9.17, 15) is 0 Å². The van der Waals surface area contributed by atoms with Crippen LogP contribution in [0.4, 0.5) is 0 Å². The van der Waals surface area contributed by atoms with Crippen LogP contribution in [0.1, 0.15) is 25.0 Å². The molecule has 268 valence electrons. The molecule has 2 nitrogen and oxygen atoms in total. The normalized spacial score (nSPS) is 12.9. The average Bonchev–Trinajstić information content (AvgIpc) is 3.51. The van der Waals surface area contributed by atoms with Crippen molar-refractivity contribution < 1.29 is 0 Å². The maximum absolute atomic E-state index is 5.44. The minimum atomic E-state index is -0.0486. The minimum absolute atomic E-state index is 0.0486. The molecule has 2 heteroatoms. The molecule has 0 amide bonds. The number of hydrogen-bond acceptors (Lipinski definition) is 2. The third kappa shape index (κ3) is 5.40. The lowest BCUT2D eigenvalue weighted by Gasteiger charge is -2.21. The molecule has 0 atom stereocenters. The van der Waals surface area contributed by atoms with Gasteiger partial charge in [0.05, 0.1) is 11.4 Å². The molecule has 9 aromatic carbocycles. The highest BCUT2D eigenvalue weighted by Crippen LogP contribution is 2.52. The van der Waals surface area contributed by atoms with Crippen molar-refractivity contribution in [1.29, 1.82) is 0 Å². The van der Waals surface area contributed by atoms with E-state index in [-0.39, 0.29) is 5.41 Å². The van der Waals surface area contributed by atoms with Crippen molar-refractivity contribution in [2.45, 2.75) is 19.3 Å². The van der Waals surface area contributed by atoms with Crippen molar-refractivity contribution >= 4 is 32.3 Å². The summed E-state index contributed by atoms with van der Waals surface area (Å²) in [5.41, 5.74) is 15.1. The molecule has 1 aromatic heterocycles. The summed E-state index contributed by atoms with van der Waals surface area (Å²) in [6, 6.07) is 70.1. The Labute approximate surface area is 332 Å². The standard InChI is InChI=1S/C55H38N2/c1-55(2)48-21-11-10-19-46(48)52-43(20-12-22-49(52)55)38-25-29-40(30-26-38)51-34-50(39-27-23-36(24-28-39)35-13-4-3-5-14-35)56-54(57-51)53-44-18-9-7-16-41(44)33-47-42-17-8-6-15-37(42)31-32-45(47)53/h3-34H,1-2H3. The molecule has 0 saturated heterocycles. The number of nitrogens with zero attached hydrogens (tertiary/aromatic N) is 2. The van der Waals surface area contributed by atoms with Crippen LogP contribution in [0.25, 0.3) is 99.6 Å². The first kappa shape index (κ1) is 33.2. The van der Waals surface area contributed by atoms with Gasteiger partial charge in [-0.25, -0.2) is 9.97 Å². The van der Waals surface area contributed by atoms with Gasteiger partial charge in [0.2, 0.25) is 0 Å². The monoisotopic (exact) mass is 726 g/mol. The minimum Gasteiger partial charge on any atom is -0.228 e.